The zero-order chi connectivity index (χ0) is 17.4. The molecule has 1 amide bonds. The molecule has 0 fully saturated rings. The van der Waals surface area contributed by atoms with E-state index in [0.29, 0.717) is 11.6 Å². The van der Waals surface area contributed by atoms with Crippen LogP contribution in [0.2, 0.25) is 5.02 Å². The summed E-state index contributed by atoms with van der Waals surface area (Å²) < 4.78 is 5.13. The van der Waals surface area contributed by atoms with Crippen LogP contribution in [0.15, 0.2) is 53.5 Å². The maximum atomic E-state index is 12.0. The molecule has 2 aromatic carbocycles. The van der Waals surface area contributed by atoms with Crippen molar-refractivity contribution in [2.24, 2.45) is 4.99 Å². The number of amides is 1. The van der Waals surface area contributed by atoms with Crippen LogP contribution in [0, 0.1) is 0 Å². The van der Waals surface area contributed by atoms with Gasteiger partial charge in [0.05, 0.1) is 13.5 Å². The highest BCUT2D eigenvalue weighted by Gasteiger charge is 2.04. The van der Waals surface area contributed by atoms with Crippen molar-refractivity contribution >= 4 is 28.9 Å². The number of ether oxygens (including phenoxy) is 1. The number of anilines is 1. The topological polar surface area (TPSA) is 50.7 Å². The summed E-state index contributed by atoms with van der Waals surface area (Å²) in [7, 11) is 1.65. The first kappa shape index (κ1) is 18.0. The van der Waals surface area contributed by atoms with Crippen molar-refractivity contribution in [2.45, 2.75) is 19.8 Å². The van der Waals surface area contributed by atoms with E-state index >= 15 is 0 Å². The van der Waals surface area contributed by atoms with Crippen molar-refractivity contribution in [3.63, 3.8) is 0 Å². The van der Waals surface area contributed by atoms with Gasteiger partial charge < -0.3 is 10.1 Å². The minimum Gasteiger partial charge on any atom is -0.497 e. The molecule has 0 aliphatic heterocycles. The molecule has 0 unspecified atom stereocenters. The van der Waals surface area contributed by atoms with Gasteiger partial charge in [0.1, 0.15) is 5.75 Å². The van der Waals surface area contributed by atoms with E-state index in [1.807, 2.05) is 31.2 Å². The van der Waals surface area contributed by atoms with Crippen molar-refractivity contribution in [3.8, 4) is 5.75 Å². The van der Waals surface area contributed by atoms with E-state index in [0.717, 1.165) is 23.6 Å². The summed E-state index contributed by atoms with van der Waals surface area (Å²) >= 11 is 5.82. The molecular weight excluding hydrogens is 324 g/mol. The molecule has 2 rings (SSSR count). The Morgan fingerprint density at radius 2 is 1.79 bits per heavy atom. The van der Waals surface area contributed by atoms with Crippen LogP contribution in [0.1, 0.15) is 18.9 Å². The fourth-order valence-corrected chi connectivity index (χ4v) is 2.32. The SMILES string of the molecule is COc1ccc(CCN=C(C)CC(=O)Nc2ccc(Cl)cc2)cc1. The first-order valence-electron chi connectivity index (χ1n) is 7.75. The number of carbonyl (C=O) groups excluding carboxylic acids is 1. The highest BCUT2D eigenvalue weighted by molar-refractivity contribution is 6.30. The Hall–Kier alpha value is -2.33. The summed E-state index contributed by atoms with van der Waals surface area (Å²) in [5.41, 5.74) is 2.74. The van der Waals surface area contributed by atoms with E-state index in [1.54, 1.807) is 31.4 Å². The Balaban J connectivity index is 1.77. The smallest absolute Gasteiger partial charge is 0.230 e. The van der Waals surface area contributed by atoms with Crippen LogP contribution < -0.4 is 10.1 Å². The molecular formula is C19H21ClN2O2. The quantitative estimate of drug-likeness (QED) is 0.758. The number of carbonyl (C=O) groups is 1. The number of benzene rings is 2. The number of methoxy groups -OCH3 is 1. The van der Waals surface area contributed by atoms with E-state index in [2.05, 4.69) is 10.3 Å². The highest BCUT2D eigenvalue weighted by Crippen LogP contribution is 2.14. The molecule has 0 atom stereocenters. The Labute approximate surface area is 147 Å². The van der Waals surface area contributed by atoms with Crippen molar-refractivity contribution < 1.29 is 9.53 Å². The molecule has 0 aliphatic carbocycles. The number of aliphatic imine (C=N–C) groups is 1. The average molecular weight is 345 g/mol. The molecule has 0 saturated heterocycles. The lowest BCUT2D eigenvalue weighted by Gasteiger charge is -2.06. The number of hydrogen-bond acceptors (Lipinski definition) is 3. The van der Waals surface area contributed by atoms with Gasteiger partial charge in [-0.2, -0.15) is 0 Å². The van der Waals surface area contributed by atoms with Crippen LogP contribution in [-0.2, 0) is 11.2 Å². The van der Waals surface area contributed by atoms with Crippen molar-refractivity contribution in [1.29, 1.82) is 0 Å². The third-order valence-electron chi connectivity index (χ3n) is 3.49. The van der Waals surface area contributed by atoms with Crippen LogP contribution in [0.5, 0.6) is 5.75 Å². The largest absolute Gasteiger partial charge is 0.497 e. The zero-order valence-corrected chi connectivity index (χ0v) is 14.6. The maximum Gasteiger partial charge on any atom is 0.230 e. The molecule has 0 aromatic heterocycles. The van der Waals surface area contributed by atoms with Crippen molar-refractivity contribution in [1.82, 2.24) is 0 Å². The fourth-order valence-electron chi connectivity index (χ4n) is 2.19. The average Bonchev–Trinajstić information content (AvgIpc) is 2.57. The standard InChI is InChI=1S/C19H21ClN2O2/c1-14(13-19(23)22-17-7-5-16(20)6-8-17)21-12-11-15-3-9-18(24-2)10-4-15/h3-10H,11-13H2,1-2H3,(H,22,23). The highest BCUT2D eigenvalue weighted by atomic mass is 35.5. The van der Waals surface area contributed by atoms with E-state index in [4.69, 9.17) is 16.3 Å². The Morgan fingerprint density at radius 3 is 2.42 bits per heavy atom. The van der Waals surface area contributed by atoms with Crippen LogP contribution in [0.4, 0.5) is 5.69 Å². The third kappa shape index (κ3) is 6.05. The van der Waals surface area contributed by atoms with Crippen LogP contribution in [0.3, 0.4) is 0 Å². The number of hydrogen-bond donors (Lipinski definition) is 1. The van der Waals surface area contributed by atoms with Crippen LogP contribution >= 0.6 is 11.6 Å². The number of halogens is 1. The van der Waals surface area contributed by atoms with Crippen molar-refractivity contribution in [3.05, 3.63) is 59.1 Å². The molecule has 0 bridgehead atoms. The van der Waals surface area contributed by atoms with E-state index in [-0.39, 0.29) is 12.3 Å². The maximum absolute atomic E-state index is 12.0. The predicted molar refractivity (Wildman–Crippen MR) is 99.4 cm³/mol. The molecule has 4 nitrogen and oxygen atoms in total. The van der Waals surface area contributed by atoms with Gasteiger partial charge in [-0.3, -0.25) is 9.79 Å². The minimum absolute atomic E-state index is 0.0805. The van der Waals surface area contributed by atoms with E-state index in [1.165, 1.54) is 5.56 Å². The molecule has 126 valence electrons. The first-order chi connectivity index (χ1) is 11.6. The number of nitrogens with zero attached hydrogens (tertiary/aromatic N) is 1. The molecule has 24 heavy (non-hydrogen) atoms. The number of rotatable bonds is 7. The van der Waals surface area contributed by atoms with Gasteiger partial charge in [0.2, 0.25) is 5.91 Å². The Bertz CT molecular complexity index is 694. The molecule has 0 aliphatic rings. The van der Waals surface area contributed by atoms with Gasteiger partial charge in [0.15, 0.2) is 0 Å². The summed E-state index contributed by atoms with van der Waals surface area (Å²) in [6, 6.07) is 15.0. The molecule has 5 heteroatoms. The molecule has 0 radical (unpaired) electrons. The summed E-state index contributed by atoms with van der Waals surface area (Å²) in [5.74, 6) is 0.764. The minimum atomic E-state index is -0.0805. The van der Waals surface area contributed by atoms with Crippen LogP contribution in [-0.4, -0.2) is 25.3 Å². The lowest BCUT2D eigenvalue weighted by Crippen LogP contribution is -2.15. The normalized spacial score (nSPS) is 11.2. The monoisotopic (exact) mass is 344 g/mol. The van der Waals surface area contributed by atoms with Gasteiger partial charge in [-0.15, -0.1) is 0 Å². The van der Waals surface area contributed by atoms with E-state index in [9.17, 15) is 4.79 Å². The zero-order valence-electron chi connectivity index (χ0n) is 13.9. The second-order valence-corrected chi connectivity index (χ2v) is 5.88. The van der Waals surface area contributed by atoms with Crippen LogP contribution in [0.25, 0.3) is 0 Å². The van der Waals surface area contributed by atoms with Gasteiger partial charge in [0.25, 0.3) is 0 Å². The number of nitrogens with one attached hydrogen (secondary N) is 1. The first-order valence-corrected chi connectivity index (χ1v) is 8.13. The Morgan fingerprint density at radius 1 is 1.12 bits per heavy atom. The second kappa shape index (κ2) is 9.08. The molecule has 1 N–H and O–H groups in total. The van der Waals surface area contributed by atoms with Gasteiger partial charge in [-0.05, 0) is 55.3 Å². The Kier molecular flexibility index (Phi) is 6.82. The lowest BCUT2D eigenvalue weighted by molar-refractivity contribution is -0.115. The molecule has 0 heterocycles. The predicted octanol–water partition coefficient (Wildman–Crippen LogP) is 4.38. The lowest BCUT2D eigenvalue weighted by atomic mass is 10.1. The third-order valence-corrected chi connectivity index (χ3v) is 3.74. The summed E-state index contributed by atoms with van der Waals surface area (Å²) in [5, 5.41) is 3.47. The van der Waals surface area contributed by atoms with Crippen molar-refractivity contribution in [2.75, 3.05) is 19.0 Å². The van der Waals surface area contributed by atoms with Gasteiger partial charge in [-0.1, -0.05) is 23.7 Å². The fraction of sp³-hybridized carbons (Fsp3) is 0.263. The molecule has 0 saturated carbocycles. The van der Waals surface area contributed by atoms with Gasteiger partial charge >= 0.3 is 0 Å². The molecule has 2 aromatic rings. The molecule has 0 spiro atoms. The summed E-state index contributed by atoms with van der Waals surface area (Å²) in [6.07, 6.45) is 1.12. The second-order valence-electron chi connectivity index (χ2n) is 5.45. The van der Waals surface area contributed by atoms with Gasteiger partial charge in [0, 0.05) is 23.0 Å². The summed E-state index contributed by atoms with van der Waals surface area (Å²) in [4.78, 5) is 16.4. The van der Waals surface area contributed by atoms with Gasteiger partial charge in [-0.25, -0.2) is 0 Å². The summed E-state index contributed by atoms with van der Waals surface area (Å²) in [6.45, 7) is 2.53. The van der Waals surface area contributed by atoms with E-state index < -0.39 is 0 Å².